The van der Waals surface area contributed by atoms with Gasteiger partial charge in [-0.3, -0.25) is 4.68 Å². The Morgan fingerprint density at radius 2 is 2.00 bits per heavy atom. The fraction of sp³-hybridized carbons (Fsp3) is 0.400. The third-order valence-electron chi connectivity index (χ3n) is 9.66. The fourth-order valence-electron chi connectivity index (χ4n) is 6.94. The van der Waals surface area contributed by atoms with Crippen LogP contribution in [0.1, 0.15) is 42.4 Å². The van der Waals surface area contributed by atoms with Gasteiger partial charge in [-0.2, -0.15) is 5.10 Å². The Labute approximate surface area is 284 Å². The van der Waals surface area contributed by atoms with E-state index in [2.05, 4.69) is 43.7 Å². The van der Waals surface area contributed by atoms with E-state index in [4.69, 9.17) is 18.6 Å². The predicted molar refractivity (Wildman–Crippen MR) is 177 cm³/mol. The summed E-state index contributed by atoms with van der Waals surface area (Å²) in [6.45, 7) is 5.84. The molecule has 7 heterocycles. The molecule has 0 amide bonds. The maximum absolute atomic E-state index is 14.1. The molecule has 1 aromatic carbocycles. The van der Waals surface area contributed by atoms with Crippen molar-refractivity contribution in [3.8, 4) is 17.7 Å². The van der Waals surface area contributed by atoms with Crippen molar-refractivity contribution in [1.29, 1.82) is 0 Å². The monoisotopic (exact) mass is 685 g/mol. The number of aryl methyl sites for hydroxylation is 2. The van der Waals surface area contributed by atoms with E-state index in [1.54, 1.807) is 23.0 Å². The number of nitrogens with zero attached hydrogens (tertiary/aromatic N) is 7. The lowest BCUT2D eigenvalue weighted by Gasteiger charge is -2.53. The lowest BCUT2D eigenvalue weighted by Crippen LogP contribution is -2.68. The molecule has 3 fully saturated rings. The molecule has 0 bridgehead atoms. The number of para-hydroxylation sites is 1. The van der Waals surface area contributed by atoms with Gasteiger partial charge in [0.1, 0.15) is 40.2 Å². The van der Waals surface area contributed by atoms with Crippen molar-refractivity contribution in [2.45, 2.75) is 50.5 Å². The van der Waals surface area contributed by atoms with E-state index in [1.807, 2.05) is 38.4 Å². The van der Waals surface area contributed by atoms with Crippen molar-refractivity contribution in [2.75, 3.05) is 42.7 Å². The predicted octanol–water partition coefficient (Wildman–Crippen LogP) is 4.26. The number of ether oxygens (including phenoxy) is 3. The summed E-state index contributed by atoms with van der Waals surface area (Å²) in [5.74, 6) is 4.59. The van der Waals surface area contributed by atoms with Gasteiger partial charge in [-0.25, -0.2) is 28.5 Å². The molecule has 50 heavy (non-hydrogen) atoms. The van der Waals surface area contributed by atoms with E-state index in [0.29, 0.717) is 54.3 Å². The van der Waals surface area contributed by atoms with Gasteiger partial charge in [0.2, 0.25) is 5.88 Å². The Bertz CT molecular complexity index is 2190. The van der Waals surface area contributed by atoms with Crippen LogP contribution in [-0.4, -0.2) is 92.5 Å². The number of benzene rings is 1. The summed E-state index contributed by atoms with van der Waals surface area (Å²) in [6, 6.07) is 7.81. The Hall–Kier alpha value is -5.33. The van der Waals surface area contributed by atoms with Gasteiger partial charge in [-0.1, -0.05) is 18.1 Å². The van der Waals surface area contributed by atoms with Gasteiger partial charge in [-0.15, -0.1) is 0 Å². The number of carboxylic acids is 1. The van der Waals surface area contributed by atoms with Crippen LogP contribution in [0.4, 0.5) is 20.3 Å². The standard InChI is InChI=1S/C35H33F2N7O6/c1-19-5-4-6-24-27-29(50-28(19)24)32(40-31(39-27)30(36)37)44-16-23(14-26(44)34(45)46)49-33-25(43-11-12-48-35(20(43)2)17-47-18-35)13-21(15-38-33)7-8-22-9-10-42(3)41-22/h4-6,9-10,13,15,20,23,26,30H,11-12,14,16-18H2,1-3H3,(H,45,46)/t20-,23-,26-/m0/s1. The van der Waals surface area contributed by atoms with Gasteiger partial charge in [0.05, 0.1) is 32.4 Å². The zero-order chi connectivity index (χ0) is 34.7. The van der Waals surface area contributed by atoms with Crippen LogP contribution in [0, 0.1) is 18.8 Å². The summed E-state index contributed by atoms with van der Waals surface area (Å²) in [4.78, 5) is 29.2. The number of pyridine rings is 1. The van der Waals surface area contributed by atoms with Gasteiger partial charge < -0.3 is 33.5 Å². The number of fused-ring (bicyclic) bond motifs is 3. The first-order valence-electron chi connectivity index (χ1n) is 16.2. The second-order valence-corrected chi connectivity index (χ2v) is 12.9. The fourth-order valence-corrected chi connectivity index (χ4v) is 6.94. The highest BCUT2D eigenvalue weighted by Gasteiger charge is 2.50. The number of rotatable bonds is 6. The number of aromatic nitrogens is 5. The van der Waals surface area contributed by atoms with Gasteiger partial charge in [-0.05, 0) is 43.5 Å². The lowest BCUT2D eigenvalue weighted by atomic mass is 9.90. The number of aliphatic carboxylic acids is 1. The van der Waals surface area contributed by atoms with E-state index in [1.165, 1.54) is 4.90 Å². The van der Waals surface area contributed by atoms with Gasteiger partial charge in [0.15, 0.2) is 17.2 Å². The highest BCUT2D eigenvalue weighted by atomic mass is 19.3. The first-order chi connectivity index (χ1) is 24.1. The molecule has 3 saturated heterocycles. The molecule has 13 nitrogen and oxygen atoms in total. The first-order valence-corrected chi connectivity index (χ1v) is 16.2. The highest BCUT2D eigenvalue weighted by Crippen LogP contribution is 2.41. The van der Waals surface area contributed by atoms with Crippen molar-refractivity contribution in [1.82, 2.24) is 24.7 Å². The number of furan rings is 1. The van der Waals surface area contributed by atoms with Crippen LogP contribution < -0.4 is 14.5 Å². The molecule has 8 rings (SSSR count). The van der Waals surface area contributed by atoms with Crippen LogP contribution in [0.2, 0.25) is 0 Å². The molecule has 5 aromatic rings. The van der Waals surface area contributed by atoms with Crippen molar-refractivity contribution in [3.05, 3.63) is 65.4 Å². The van der Waals surface area contributed by atoms with Crippen molar-refractivity contribution in [2.24, 2.45) is 7.05 Å². The van der Waals surface area contributed by atoms with E-state index in [9.17, 15) is 18.7 Å². The van der Waals surface area contributed by atoms with Crippen LogP contribution in [-0.2, 0) is 21.3 Å². The number of hydrogen-bond acceptors (Lipinski definition) is 11. The zero-order valence-electron chi connectivity index (χ0n) is 27.5. The van der Waals surface area contributed by atoms with Gasteiger partial charge in [0, 0.05) is 43.4 Å². The Kier molecular flexibility index (Phi) is 7.80. The summed E-state index contributed by atoms with van der Waals surface area (Å²) in [5, 5.41) is 15.2. The molecule has 0 unspecified atom stereocenters. The second-order valence-electron chi connectivity index (χ2n) is 12.9. The molecule has 3 aliphatic rings. The molecule has 0 aliphatic carbocycles. The second kappa shape index (κ2) is 12.2. The topological polar surface area (TPSA) is 141 Å². The number of morpholine rings is 1. The maximum atomic E-state index is 14.1. The molecule has 0 radical (unpaired) electrons. The molecule has 1 N–H and O–H groups in total. The molecule has 258 valence electrons. The van der Waals surface area contributed by atoms with E-state index in [-0.39, 0.29) is 41.8 Å². The highest BCUT2D eigenvalue weighted by molar-refractivity contribution is 6.07. The largest absolute Gasteiger partial charge is 0.480 e. The number of hydrogen-bond donors (Lipinski definition) is 1. The molecule has 1 spiro atoms. The van der Waals surface area contributed by atoms with E-state index >= 15 is 0 Å². The number of carbonyl (C=O) groups is 1. The van der Waals surface area contributed by atoms with Crippen LogP contribution >= 0.6 is 0 Å². The minimum atomic E-state index is -2.99. The van der Waals surface area contributed by atoms with E-state index < -0.39 is 36.0 Å². The Balaban J connectivity index is 1.16. The SMILES string of the molecule is Cc1cccc2c1oc1c(N3C[C@@H](Oc4ncc(C#Cc5ccn(C)n5)cc4N4CCOC5(COC5)[C@@H]4C)C[C@H]3C(=O)O)nc(C(F)F)nc12. The third-order valence-corrected chi connectivity index (χ3v) is 9.66. The van der Waals surface area contributed by atoms with Crippen LogP contribution in [0.3, 0.4) is 0 Å². The van der Waals surface area contributed by atoms with Crippen LogP contribution in [0.5, 0.6) is 5.88 Å². The van der Waals surface area contributed by atoms with Gasteiger partial charge >= 0.3 is 5.97 Å². The molecule has 3 atom stereocenters. The smallest absolute Gasteiger partial charge is 0.326 e. The number of halogens is 2. The van der Waals surface area contributed by atoms with Crippen molar-refractivity contribution in [3.63, 3.8) is 0 Å². The summed E-state index contributed by atoms with van der Waals surface area (Å²) in [7, 11) is 1.82. The number of anilines is 2. The van der Waals surface area contributed by atoms with Crippen LogP contribution in [0.15, 0.2) is 47.1 Å². The molecule has 15 heteroatoms. The molecule has 4 aromatic heterocycles. The average Bonchev–Trinajstić information content (AvgIpc) is 3.80. The first kappa shape index (κ1) is 31.9. The van der Waals surface area contributed by atoms with Crippen LogP contribution in [0.25, 0.3) is 22.1 Å². The Morgan fingerprint density at radius 3 is 2.72 bits per heavy atom. The van der Waals surface area contributed by atoms with Crippen molar-refractivity contribution >= 4 is 39.5 Å². The Morgan fingerprint density at radius 1 is 1.16 bits per heavy atom. The number of alkyl halides is 2. The minimum Gasteiger partial charge on any atom is -0.480 e. The molecule has 0 saturated carbocycles. The summed E-state index contributed by atoms with van der Waals surface area (Å²) in [6.07, 6.45) is -0.245. The normalized spacial score (nSPS) is 21.5. The molecular formula is C35H33F2N7O6. The minimum absolute atomic E-state index is 0.0145. The average molecular weight is 686 g/mol. The summed E-state index contributed by atoms with van der Waals surface area (Å²) >= 11 is 0. The lowest BCUT2D eigenvalue weighted by molar-refractivity contribution is -0.228. The quantitative estimate of drug-likeness (QED) is 0.256. The van der Waals surface area contributed by atoms with Crippen molar-refractivity contribution < 1.29 is 37.3 Å². The van der Waals surface area contributed by atoms with Gasteiger partial charge in [0.25, 0.3) is 6.43 Å². The third kappa shape index (κ3) is 5.44. The molecular weight excluding hydrogens is 652 g/mol. The summed E-state index contributed by atoms with van der Waals surface area (Å²) < 4.78 is 54.3. The molecule has 3 aliphatic heterocycles. The number of carboxylic acid groups (broad SMARTS) is 1. The summed E-state index contributed by atoms with van der Waals surface area (Å²) in [5.41, 5.74) is 3.01. The van der Waals surface area contributed by atoms with E-state index in [0.717, 1.165) is 5.56 Å². The maximum Gasteiger partial charge on any atom is 0.326 e. The zero-order valence-corrected chi connectivity index (χ0v) is 27.5.